The lowest BCUT2D eigenvalue weighted by Crippen LogP contribution is -2.29. The summed E-state index contributed by atoms with van der Waals surface area (Å²) in [5.41, 5.74) is 2.34. The molecule has 17 heavy (non-hydrogen) atoms. The van der Waals surface area contributed by atoms with E-state index in [-0.39, 0.29) is 11.8 Å². The number of benzene rings is 1. The quantitative estimate of drug-likeness (QED) is 0.929. The lowest BCUT2D eigenvalue weighted by atomic mass is 10.1. The third kappa shape index (κ3) is 3.40. The van der Waals surface area contributed by atoms with Crippen LogP contribution in [0, 0.1) is 6.92 Å². The van der Waals surface area contributed by atoms with Crippen LogP contribution in [-0.2, 0) is 16.4 Å². The Bertz CT molecular complexity index is 552. The van der Waals surface area contributed by atoms with Crippen molar-refractivity contribution in [2.45, 2.75) is 19.5 Å². The standard InChI is InChI=1S/C12H14BrNO2S/c1-9-6-10(2-3-12(9)13)7-14-11-4-5-17(15,16)8-11/h2-6,11,14H,7-8H2,1H3. The van der Waals surface area contributed by atoms with Gasteiger partial charge in [-0.05, 0) is 24.1 Å². The second kappa shape index (κ2) is 4.92. The van der Waals surface area contributed by atoms with Crippen LogP contribution in [0.4, 0.5) is 0 Å². The largest absolute Gasteiger partial charge is 0.305 e. The molecule has 1 aliphatic heterocycles. The normalized spacial score (nSPS) is 21.9. The van der Waals surface area contributed by atoms with Crippen molar-refractivity contribution in [2.75, 3.05) is 5.75 Å². The minimum absolute atomic E-state index is 0.0658. The molecule has 1 unspecified atom stereocenters. The molecule has 0 radical (unpaired) electrons. The van der Waals surface area contributed by atoms with Gasteiger partial charge in [0.1, 0.15) is 0 Å². The van der Waals surface area contributed by atoms with E-state index in [1.54, 1.807) is 6.08 Å². The van der Waals surface area contributed by atoms with Gasteiger partial charge in [-0.15, -0.1) is 0 Å². The molecular weight excluding hydrogens is 302 g/mol. The lowest BCUT2D eigenvalue weighted by Gasteiger charge is -2.10. The maximum atomic E-state index is 11.2. The van der Waals surface area contributed by atoms with E-state index in [0.29, 0.717) is 6.54 Å². The van der Waals surface area contributed by atoms with Gasteiger partial charge in [-0.1, -0.05) is 34.1 Å². The summed E-state index contributed by atoms with van der Waals surface area (Å²) in [4.78, 5) is 0. The van der Waals surface area contributed by atoms with E-state index in [1.165, 1.54) is 11.0 Å². The highest BCUT2D eigenvalue weighted by Gasteiger charge is 2.20. The lowest BCUT2D eigenvalue weighted by molar-refractivity contribution is 0.590. The molecule has 0 saturated heterocycles. The average Bonchev–Trinajstić information content (AvgIpc) is 2.60. The van der Waals surface area contributed by atoms with Crippen LogP contribution in [0.1, 0.15) is 11.1 Å². The van der Waals surface area contributed by atoms with Crippen LogP contribution in [0.25, 0.3) is 0 Å². The maximum absolute atomic E-state index is 11.2. The minimum atomic E-state index is -2.97. The first kappa shape index (κ1) is 12.8. The molecule has 92 valence electrons. The van der Waals surface area contributed by atoms with E-state index in [4.69, 9.17) is 0 Å². The Morgan fingerprint density at radius 1 is 1.47 bits per heavy atom. The number of rotatable bonds is 3. The van der Waals surface area contributed by atoms with E-state index in [1.807, 2.05) is 19.1 Å². The molecule has 1 heterocycles. The highest BCUT2D eigenvalue weighted by atomic mass is 79.9. The third-order valence-electron chi connectivity index (χ3n) is 2.72. The van der Waals surface area contributed by atoms with Gasteiger partial charge in [-0.25, -0.2) is 8.42 Å². The SMILES string of the molecule is Cc1cc(CNC2C=CS(=O)(=O)C2)ccc1Br. The van der Waals surface area contributed by atoms with E-state index in [0.717, 1.165) is 10.0 Å². The number of hydrogen-bond donors (Lipinski definition) is 1. The minimum Gasteiger partial charge on any atom is -0.305 e. The number of sulfone groups is 1. The van der Waals surface area contributed by atoms with Crippen molar-refractivity contribution in [3.63, 3.8) is 0 Å². The van der Waals surface area contributed by atoms with Crippen LogP contribution < -0.4 is 5.32 Å². The van der Waals surface area contributed by atoms with Crippen LogP contribution >= 0.6 is 15.9 Å². The summed E-state index contributed by atoms with van der Waals surface area (Å²) in [5, 5.41) is 4.51. The highest BCUT2D eigenvalue weighted by molar-refractivity contribution is 9.10. The Kier molecular flexibility index (Phi) is 3.70. The van der Waals surface area contributed by atoms with Gasteiger partial charge in [0.05, 0.1) is 5.75 Å². The summed E-state index contributed by atoms with van der Waals surface area (Å²) in [6, 6.07) is 6.05. The van der Waals surface area contributed by atoms with Crippen molar-refractivity contribution in [3.8, 4) is 0 Å². The van der Waals surface area contributed by atoms with E-state index in [9.17, 15) is 8.42 Å². The molecule has 2 rings (SSSR count). The fourth-order valence-electron chi connectivity index (χ4n) is 1.77. The fourth-order valence-corrected chi connectivity index (χ4v) is 3.28. The highest BCUT2D eigenvalue weighted by Crippen LogP contribution is 2.17. The molecule has 0 aliphatic carbocycles. The molecule has 0 aromatic heterocycles. The van der Waals surface area contributed by atoms with Crippen LogP contribution in [0.5, 0.6) is 0 Å². The molecule has 0 bridgehead atoms. The molecule has 1 aliphatic rings. The zero-order chi connectivity index (χ0) is 12.5. The second-order valence-corrected chi connectivity index (χ2v) is 7.01. The Hall–Kier alpha value is -0.650. The van der Waals surface area contributed by atoms with Crippen LogP contribution in [0.15, 0.2) is 34.2 Å². The second-order valence-electron chi connectivity index (χ2n) is 4.23. The van der Waals surface area contributed by atoms with Crippen molar-refractivity contribution in [1.29, 1.82) is 0 Å². The first-order valence-electron chi connectivity index (χ1n) is 5.36. The summed E-state index contributed by atoms with van der Waals surface area (Å²) in [5.74, 6) is 0.169. The molecule has 0 amide bonds. The van der Waals surface area contributed by atoms with E-state index < -0.39 is 9.84 Å². The number of hydrogen-bond acceptors (Lipinski definition) is 3. The van der Waals surface area contributed by atoms with Gasteiger partial charge in [0.25, 0.3) is 0 Å². The molecule has 5 heteroatoms. The Morgan fingerprint density at radius 3 is 2.82 bits per heavy atom. The van der Waals surface area contributed by atoms with Gasteiger partial charge in [-0.2, -0.15) is 0 Å². The van der Waals surface area contributed by atoms with E-state index in [2.05, 4.69) is 27.3 Å². The van der Waals surface area contributed by atoms with Gasteiger partial charge < -0.3 is 5.32 Å². The topological polar surface area (TPSA) is 46.2 Å². The Labute approximate surface area is 110 Å². The molecule has 0 spiro atoms. The summed E-state index contributed by atoms with van der Waals surface area (Å²) >= 11 is 3.45. The molecule has 0 fully saturated rings. The fraction of sp³-hybridized carbons (Fsp3) is 0.333. The van der Waals surface area contributed by atoms with Gasteiger partial charge in [0, 0.05) is 22.5 Å². The molecule has 0 saturated carbocycles. The van der Waals surface area contributed by atoms with Gasteiger partial charge >= 0.3 is 0 Å². The van der Waals surface area contributed by atoms with Crippen LogP contribution in [0.2, 0.25) is 0 Å². The number of aryl methyl sites for hydroxylation is 1. The smallest absolute Gasteiger partial charge is 0.173 e. The van der Waals surface area contributed by atoms with Crippen LogP contribution in [-0.4, -0.2) is 20.2 Å². The molecular formula is C12H14BrNO2S. The molecule has 1 aromatic carbocycles. The van der Waals surface area contributed by atoms with Crippen molar-refractivity contribution in [2.24, 2.45) is 0 Å². The molecule has 1 N–H and O–H groups in total. The van der Waals surface area contributed by atoms with Crippen molar-refractivity contribution in [3.05, 3.63) is 45.3 Å². The van der Waals surface area contributed by atoms with Crippen molar-refractivity contribution >= 4 is 25.8 Å². The maximum Gasteiger partial charge on any atom is 0.173 e. The van der Waals surface area contributed by atoms with E-state index >= 15 is 0 Å². The predicted octanol–water partition coefficient (Wildman–Crippen LogP) is 2.16. The average molecular weight is 316 g/mol. The third-order valence-corrected chi connectivity index (χ3v) is 5.01. The Morgan fingerprint density at radius 2 is 2.24 bits per heavy atom. The van der Waals surface area contributed by atoms with Gasteiger partial charge in [-0.3, -0.25) is 0 Å². The monoisotopic (exact) mass is 315 g/mol. The zero-order valence-electron chi connectivity index (χ0n) is 9.48. The van der Waals surface area contributed by atoms with Crippen molar-refractivity contribution < 1.29 is 8.42 Å². The van der Waals surface area contributed by atoms with Crippen LogP contribution in [0.3, 0.4) is 0 Å². The summed E-state index contributed by atoms with van der Waals surface area (Å²) in [6.45, 7) is 2.71. The van der Waals surface area contributed by atoms with Gasteiger partial charge in [0.2, 0.25) is 0 Å². The predicted molar refractivity (Wildman–Crippen MR) is 72.4 cm³/mol. The first-order chi connectivity index (χ1) is 7.96. The molecule has 1 atom stereocenters. The Balaban J connectivity index is 1.95. The summed E-state index contributed by atoms with van der Waals surface area (Å²) in [7, 11) is -2.97. The van der Waals surface area contributed by atoms with Gasteiger partial charge in [0.15, 0.2) is 9.84 Å². The summed E-state index contributed by atoms with van der Waals surface area (Å²) < 4.78 is 23.5. The number of halogens is 1. The summed E-state index contributed by atoms with van der Waals surface area (Å²) in [6.07, 6.45) is 1.71. The van der Waals surface area contributed by atoms with Crippen molar-refractivity contribution in [1.82, 2.24) is 5.32 Å². The first-order valence-corrected chi connectivity index (χ1v) is 7.86. The molecule has 3 nitrogen and oxygen atoms in total. The molecule has 1 aromatic rings. The zero-order valence-corrected chi connectivity index (χ0v) is 11.9. The number of nitrogens with one attached hydrogen (secondary N) is 1.